The van der Waals surface area contributed by atoms with Crippen molar-refractivity contribution in [2.45, 2.75) is 43.3 Å². The fraction of sp³-hybridized carbons (Fsp3) is 0.909. The van der Waals surface area contributed by atoms with Crippen molar-refractivity contribution in [3.05, 3.63) is 0 Å². The summed E-state index contributed by atoms with van der Waals surface area (Å²) in [6, 6.07) is 0. The van der Waals surface area contributed by atoms with Gasteiger partial charge in [-0.3, -0.25) is 4.79 Å². The zero-order valence-electron chi connectivity index (χ0n) is 9.49. The van der Waals surface area contributed by atoms with Crippen LogP contribution in [0.4, 0.5) is 0 Å². The lowest BCUT2D eigenvalue weighted by Crippen LogP contribution is -2.45. The Morgan fingerprint density at radius 2 is 2.44 bits per heavy atom. The van der Waals surface area contributed by atoms with Gasteiger partial charge in [0.25, 0.3) is 0 Å². The summed E-state index contributed by atoms with van der Waals surface area (Å²) in [5, 5.41) is 9.18. The fourth-order valence-electron chi connectivity index (χ4n) is 2.57. The van der Waals surface area contributed by atoms with E-state index >= 15 is 0 Å². The van der Waals surface area contributed by atoms with E-state index in [-0.39, 0.29) is 17.6 Å². The molecule has 2 saturated heterocycles. The van der Waals surface area contributed by atoms with Crippen LogP contribution in [0.2, 0.25) is 0 Å². The van der Waals surface area contributed by atoms with Crippen LogP contribution in [0.5, 0.6) is 0 Å². The molecule has 2 fully saturated rings. The van der Waals surface area contributed by atoms with Crippen molar-refractivity contribution in [3.8, 4) is 0 Å². The van der Waals surface area contributed by atoms with Crippen molar-refractivity contribution in [1.82, 2.24) is 4.90 Å². The molecule has 0 aliphatic carbocycles. The molecule has 5 heteroatoms. The smallest absolute Gasteiger partial charge is 0.240 e. The van der Waals surface area contributed by atoms with Gasteiger partial charge in [-0.05, 0) is 19.8 Å². The lowest BCUT2D eigenvalue weighted by Gasteiger charge is -2.36. The van der Waals surface area contributed by atoms with Gasteiger partial charge in [0.15, 0.2) is 0 Å². The highest BCUT2D eigenvalue weighted by Crippen LogP contribution is 2.34. The molecule has 3 unspecified atom stereocenters. The first-order valence-electron chi connectivity index (χ1n) is 5.77. The first-order chi connectivity index (χ1) is 7.52. The molecule has 0 bridgehead atoms. The molecule has 2 heterocycles. The molecule has 92 valence electrons. The number of ether oxygens (including phenoxy) is 1. The minimum absolute atomic E-state index is 0.0396. The number of nitrogens with zero attached hydrogens (tertiary/aromatic N) is 1. The zero-order valence-corrected chi connectivity index (χ0v) is 10.2. The Kier molecular flexibility index (Phi) is 3.42. The van der Waals surface area contributed by atoms with Gasteiger partial charge in [0, 0.05) is 26.1 Å². The highest BCUT2D eigenvalue weighted by molar-refractivity contribution is 6.30. The molecule has 2 aliphatic rings. The number of hydrogen-bond acceptors (Lipinski definition) is 3. The van der Waals surface area contributed by atoms with Crippen LogP contribution < -0.4 is 0 Å². The van der Waals surface area contributed by atoms with E-state index < -0.39 is 5.38 Å². The SMILES string of the molecule is CC(Cl)C(=O)N1CCC2(CC(O)CCO2)C1. The van der Waals surface area contributed by atoms with Gasteiger partial charge in [0.1, 0.15) is 5.38 Å². The predicted molar refractivity (Wildman–Crippen MR) is 60.4 cm³/mol. The van der Waals surface area contributed by atoms with Gasteiger partial charge in [-0.1, -0.05) is 0 Å². The highest BCUT2D eigenvalue weighted by Gasteiger charge is 2.44. The zero-order chi connectivity index (χ0) is 11.8. The van der Waals surface area contributed by atoms with Crippen LogP contribution in [0, 0.1) is 0 Å². The monoisotopic (exact) mass is 247 g/mol. The molecule has 2 aliphatic heterocycles. The Bertz CT molecular complexity index is 284. The number of likely N-dealkylation sites (tertiary alicyclic amines) is 1. The third-order valence-corrected chi connectivity index (χ3v) is 3.62. The number of alkyl halides is 1. The lowest BCUT2D eigenvalue weighted by atomic mass is 9.91. The summed E-state index contributed by atoms with van der Waals surface area (Å²) in [6.07, 6.45) is 1.84. The number of aliphatic hydroxyl groups is 1. The average Bonchev–Trinajstić information content (AvgIpc) is 2.60. The van der Waals surface area contributed by atoms with E-state index in [4.69, 9.17) is 16.3 Å². The van der Waals surface area contributed by atoms with Gasteiger partial charge in [0.05, 0.1) is 11.7 Å². The van der Waals surface area contributed by atoms with E-state index in [1.165, 1.54) is 0 Å². The van der Waals surface area contributed by atoms with Gasteiger partial charge >= 0.3 is 0 Å². The summed E-state index contributed by atoms with van der Waals surface area (Å²) in [4.78, 5) is 13.5. The fourth-order valence-corrected chi connectivity index (χ4v) is 2.71. The molecule has 2 rings (SSSR count). The van der Waals surface area contributed by atoms with Gasteiger partial charge in [-0.15, -0.1) is 11.6 Å². The van der Waals surface area contributed by atoms with E-state index in [9.17, 15) is 9.90 Å². The molecule has 1 amide bonds. The number of carbonyl (C=O) groups is 1. The van der Waals surface area contributed by atoms with Crippen molar-refractivity contribution in [2.24, 2.45) is 0 Å². The van der Waals surface area contributed by atoms with Crippen LogP contribution in [-0.2, 0) is 9.53 Å². The molecular formula is C11H18ClNO3. The second-order valence-electron chi connectivity index (χ2n) is 4.80. The van der Waals surface area contributed by atoms with Crippen LogP contribution in [0.3, 0.4) is 0 Å². The van der Waals surface area contributed by atoms with Crippen molar-refractivity contribution in [1.29, 1.82) is 0 Å². The van der Waals surface area contributed by atoms with Crippen molar-refractivity contribution in [2.75, 3.05) is 19.7 Å². The standard InChI is InChI=1S/C11H18ClNO3/c1-8(12)10(15)13-4-3-11(7-13)6-9(14)2-5-16-11/h8-9,14H,2-7H2,1H3. The minimum Gasteiger partial charge on any atom is -0.393 e. The molecule has 3 atom stereocenters. The number of rotatable bonds is 1. The molecule has 0 radical (unpaired) electrons. The quantitative estimate of drug-likeness (QED) is 0.696. The van der Waals surface area contributed by atoms with E-state index in [2.05, 4.69) is 0 Å². The Balaban J connectivity index is 1.98. The van der Waals surface area contributed by atoms with Crippen LogP contribution in [-0.4, -0.2) is 52.7 Å². The highest BCUT2D eigenvalue weighted by atomic mass is 35.5. The molecule has 1 spiro atoms. The lowest BCUT2D eigenvalue weighted by molar-refractivity contribution is -0.135. The maximum Gasteiger partial charge on any atom is 0.240 e. The van der Waals surface area contributed by atoms with Crippen molar-refractivity contribution >= 4 is 17.5 Å². The molecular weight excluding hydrogens is 230 g/mol. The normalized spacial score (nSPS) is 36.7. The van der Waals surface area contributed by atoms with Crippen LogP contribution in [0.1, 0.15) is 26.2 Å². The molecule has 0 aromatic carbocycles. The van der Waals surface area contributed by atoms with E-state index in [1.807, 2.05) is 0 Å². The van der Waals surface area contributed by atoms with Gasteiger partial charge in [-0.25, -0.2) is 0 Å². The maximum atomic E-state index is 11.7. The van der Waals surface area contributed by atoms with Crippen LogP contribution >= 0.6 is 11.6 Å². The molecule has 16 heavy (non-hydrogen) atoms. The van der Waals surface area contributed by atoms with Gasteiger partial charge in [-0.2, -0.15) is 0 Å². The molecule has 0 aromatic heterocycles. The number of aliphatic hydroxyl groups excluding tert-OH is 1. The Labute approximate surface area is 101 Å². The largest absolute Gasteiger partial charge is 0.393 e. The molecule has 0 saturated carbocycles. The predicted octanol–water partition coefficient (Wildman–Crippen LogP) is 0.756. The third kappa shape index (κ3) is 2.34. The summed E-state index contributed by atoms with van der Waals surface area (Å²) in [5.41, 5.74) is -0.320. The Hall–Kier alpha value is -0.320. The van der Waals surface area contributed by atoms with E-state index in [0.29, 0.717) is 32.5 Å². The topological polar surface area (TPSA) is 49.8 Å². The number of halogens is 1. The second kappa shape index (κ2) is 4.51. The van der Waals surface area contributed by atoms with Crippen LogP contribution in [0.15, 0.2) is 0 Å². The molecule has 1 N–H and O–H groups in total. The van der Waals surface area contributed by atoms with E-state index in [0.717, 1.165) is 6.42 Å². The first kappa shape index (κ1) is 12.1. The van der Waals surface area contributed by atoms with Crippen LogP contribution in [0.25, 0.3) is 0 Å². The number of hydrogen-bond donors (Lipinski definition) is 1. The average molecular weight is 248 g/mol. The first-order valence-corrected chi connectivity index (χ1v) is 6.21. The molecule has 0 aromatic rings. The van der Waals surface area contributed by atoms with Crippen molar-refractivity contribution in [3.63, 3.8) is 0 Å². The van der Waals surface area contributed by atoms with Gasteiger partial charge < -0.3 is 14.7 Å². The summed E-state index contributed by atoms with van der Waals surface area (Å²) >= 11 is 5.78. The van der Waals surface area contributed by atoms with Crippen molar-refractivity contribution < 1.29 is 14.6 Å². The summed E-state index contributed by atoms with van der Waals surface area (Å²) in [7, 11) is 0. The maximum absolute atomic E-state index is 11.7. The molecule has 4 nitrogen and oxygen atoms in total. The Morgan fingerprint density at radius 3 is 3.06 bits per heavy atom. The minimum atomic E-state index is -0.483. The summed E-state index contributed by atoms with van der Waals surface area (Å²) < 4.78 is 5.76. The summed E-state index contributed by atoms with van der Waals surface area (Å²) in [6.45, 7) is 3.52. The third-order valence-electron chi connectivity index (χ3n) is 3.44. The second-order valence-corrected chi connectivity index (χ2v) is 5.46. The number of carbonyl (C=O) groups excluding carboxylic acids is 1. The van der Waals surface area contributed by atoms with E-state index in [1.54, 1.807) is 11.8 Å². The Morgan fingerprint density at radius 1 is 1.69 bits per heavy atom. The van der Waals surface area contributed by atoms with Gasteiger partial charge in [0.2, 0.25) is 5.91 Å². The summed E-state index contributed by atoms with van der Waals surface area (Å²) in [5.74, 6) is -0.0396. The number of amides is 1.